The molecule has 1 aliphatic heterocycles. The van der Waals surface area contributed by atoms with Crippen molar-refractivity contribution in [2.75, 3.05) is 13.1 Å². The molecule has 0 unspecified atom stereocenters. The summed E-state index contributed by atoms with van der Waals surface area (Å²) in [6, 6.07) is 0. The molecule has 1 rings (SSSR count). The van der Waals surface area contributed by atoms with Gasteiger partial charge in [0.2, 0.25) is 5.91 Å². The van der Waals surface area contributed by atoms with Crippen molar-refractivity contribution in [3.05, 3.63) is 0 Å². The lowest BCUT2D eigenvalue weighted by Gasteiger charge is -2.35. The van der Waals surface area contributed by atoms with Gasteiger partial charge in [0.05, 0.1) is 5.60 Å². The molecule has 1 saturated heterocycles. The molecule has 0 spiro atoms. The molecule has 82 valence electrons. The zero-order valence-electron chi connectivity index (χ0n) is 9.25. The van der Waals surface area contributed by atoms with E-state index in [1.54, 1.807) is 0 Å². The van der Waals surface area contributed by atoms with Crippen molar-refractivity contribution in [3.63, 3.8) is 0 Å². The van der Waals surface area contributed by atoms with E-state index in [1.807, 2.05) is 11.8 Å². The van der Waals surface area contributed by atoms with E-state index in [-0.39, 0.29) is 5.91 Å². The summed E-state index contributed by atoms with van der Waals surface area (Å²) >= 11 is 0. The lowest BCUT2D eigenvalue weighted by atomic mass is 9.93. The Balaban J connectivity index is 2.30. The van der Waals surface area contributed by atoms with Gasteiger partial charge in [-0.25, -0.2) is 0 Å². The molecule has 1 heterocycles. The van der Waals surface area contributed by atoms with Crippen LogP contribution in [-0.2, 0) is 4.79 Å². The van der Waals surface area contributed by atoms with Crippen LogP contribution >= 0.6 is 0 Å². The fourth-order valence-electron chi connectivity index (χ4n) is 1.72. The number of hydrogen-bond donors (Lipinski definition) is 1. The maximum Gasteiger partial charge on any atom is 0.222 e. The highest BCUT2D eigenvalue weighted by Gasteiger charge is 2.28. The molecule has 0 saturated carbocycles. The van der Waals surface area contributed by atoms with Crippen LogP contribution < -0.4 is 0 Å². The normalized spacial score (nSPS) is 20.9. The van der Waals surface area contributed by atoms with Crippen LogP contribution in [0.15, 0.2) is 0 Å². The van der Waals surface area contributed by atoms with Crippen LogP contribution in [0, 0.1) is 0 Å². The second-order valence-corrected chi connectivity index (χ2v) is 4.48. The Labute approximate surface area is 86.1 Å². The summed E-state index contributed by atoms with van der Waals surface area (Å²) < 4.78 is 0. The number of amides is 1. The Kier molecular flexibility index (Phi) is 3.93. The molecular weight excluding hydrogens is 178 g/mol. The molecular formula is C11H21NO2. The molecule has 0 atom stereocenters. The highest BCUT2D eigenvalue weighted by Crippen LogP contribution is 2.21. The van der Waals surface area contributed by atoms with Gasteiger partial charge < -0.3 is 10.0 Å². The first-order chi connectivity index (χ1) is 6.55. The molecule has 0 bridgehead atoms. The van der Waals surface area contributed by atoms with Crippen molar-refractivity contribution in [1.82, 2.24) is 4.90 Å². The number of aliphatic hydroxyl groups is 1. The molecule has 1 amide bonds. The number of likely N-dealkylation sites (tertiary alicyclic amines) is 1. The van der Waals surface area contributed by atoms with Crippen LogP contribution in [0.1, 0.15) is 46.0 Å². The second kappa shape index (κ2) is 4.78. The Bertz CT molecular complexity index is 191. The predicted octanol–water partition coefficient (Wildman–Crippen LogP) is 1.55. The Hall–Kier alpha value is -0.570. The molecule has 0 aromatic carbocycles. The van der Waals surface area contributed by atoms with Crippen molar-refractivity contribution >= 4 is 5.91 Å². The minimum Gasteiger partial charge on any atom is -0.390 e. The van der Waals surface area contributed by atoms with E-state index in [0.29, 0.717) is 19.3 Å². The van der Waals surface area contributed by atoms with E-state index in [0.717, 1.165) is 25.9 Å². The molecule has 0 radical (unpaired) electrons. The third-order valence-corrected chi connectivity index (χ3v) is 2.94. The van der Waals surface area contributed by atoms with E-state index < -0.39 is 5.60 Å². The van der Waals surface area contributed by atoms with Gasteiger partial charge in [-0.05, 0) is 26.2 Å². The Morgan fingerprint density at radius 3 is 2.50 bits per heavy atom. The summed E-state index contributed by atoms with van der Waals surface area (Å²) in [5.74, 6) is 0.252. The minimum absolute atomic E-state index is 0.252. The van der Waals surface area contributed by atoms with Gasteiger partial charge >= 0.3 is 0 Å². The molecule has 0 aromatic heterocycles. The van der Waals surface area contributed by atoms with E-state index in [1.165, 1.54) is 0 Å². The van der Waals surface area contributed by atoms with Gasteiger partial charge in [-0.2, -0.15) is 0 Å². The number of carbonyl (C=O) groups is 1. The summed E-state index contributed by atoms with van der Waals surface area (Å²) in [4.78, 5) is 13.5. The quantitative estimate of drug-likeness (QED) is 0.749. The fraction of sp³-hybridized carbons (Fsp3) is 0.909. The summed E-state index contributed by atoms with van der Waals surface area (Å²) in [5, 5.41) is 9.71. The molecule has 14 heavy (non-hydrogen) atoms. The third-order valence-electron chi connectivity index (χ3n) is 2.94. The molecule has 3 nitrogen and oxygen atoms in total. The van der Waals surface area contributed by atoms with Gasteiger partial charge in [-0.3, -0.25) is 4.79 Å². The molecule has 0 aliphatic carbocycles. The third kappa shape index (κ3) is 3.29. The lowest BCUT2D eigenvalue weighted by Crippen LogP contribution is -2.45. The second-order valence-electron chi connectivity index (χ2n) is 4.48. The highest BCUT2D eigenvalue weighted by atomic mass is 16.3. The zero-order chi connectivity index (χ0) is 10.6. The number of unbranched alkanes of at least 4 members (excludes halogenated alkanes) is 1. The molecule has 1 fully saturated rings. The molecule has 0 aromatic rings. The van der Waals surface area contributed by atoms with Crippen LogP contribution in [0.2, 0.25) is 0 Å². The van der Waals surface area contributed by atoms with Gasteiger partial charge in [0.25, 0.3) is 0 Å². The number of hydrogen-bond acceptors (Lipinski definition) is 2. The van der Waals surface area contributed by atoms with Crippen molar-refractivity contribution in [3.8, 4) is 0 Å². The first-order valence-electron chi connectivity index (χ1n) is 5.55. The van der Waals surface area contributed by atoms with Crippen LogP contribution in [-0.4, -0.2) is 34.6 Å². The molecule has 1 aliphatic rings. The van der Waals surface area contributed by atoms with Gasteiger partial charge in [-0.1, -0.05) is 13.3 Å². The number of nitrogens with zero attached hydrogens (tertiary/aromatic N) is 1. The van der Waals surface area contributed by atoms with Crippen LogP contribution in [0.5, 0.6) is 0 Å². The predicted molar refractivity (Wildman–Crippen MR) is 56.0 cm³/mol. The van der Waals surface area contributed by atoms with E-state index in [4.69, 9.17) is 0 Å². The maximum absolute atomic E-state index is 11.6. The van der Waals surface area contributed by atoms with Crippen molar-refractivity contribution in [2.45, 2.75) is 51.6 Å². The molecule has 1 N–H and O–H groups in total. The molecule has 3 heteroatoms. The number of piperidine rings is 1. The average molecular weight is 199 g/mol. The summed E-state index contributed by atoms with van der Waals surface area (Å²) in [7, 11) is 0. The van der Waals surface area contributed by atoms with E-state index in [2.05, 4.69) is 6.92 Å². The summed E-state index contributed by atoms with van der Waals surface area (Å²) in [5.41, 5.74) is -0.554. The first-order valence-corrected chi connectivity index (χ1v) is 5.55. The van der Waals surface area contributed by atoms with Gasteiger partial charge in [0.1, 0.15) is 0 Å². The summed E-state index contributed by atoms with van der Waals surface area (Å²) in [6.07, 6.45) is 4.14. The van der Waals surface area contributed by atoms with Crippen molar-refractivity contribution in [1.29, 1.82) is 0 Å². The number of rotatable bonds is 3. The van der Waals surface area contributed by atoms with Gasteiger partial charge in [0, 0.05) is 19.5 Å². The van der Waals surface area contributed by atoms with Crippen LogP contribution in [0.25, 0.3) is 0 Å². The number of carbonyl (C=O) groups excluding carboxylic acids is 1. The van der Waals surface area contributed by atoms with Crippen LogP contribution in [0.4, 0.5) is 0 Å². The SMILES string of the molecule is CCCCC(=O)N1CCC(C)(O)CC1. The Morgan fingerprint density at radius 2 is 2.00 bits per heavy atom. The van der Waals surface area contributed by atoms with Gasteiger partial charge in [-0.15, -0.1) is 0 Å². The standard InChI is InChI=1S/C11H21NO2/c1-3-4-5-10(13)12-8-6-11(2,14)7-9-12/h14H,3-9H2,1-2H3. The van der Waals surface area contributed by atoms with Gasteiger partial charge in [0.15, 0.2) is 0 Å². The fourth-order valence-corrected chi connectivity index (χ4v) is 1.72. The topological polar surface area (TPSA) is 40.5 Å². The Morgan fingerprint density at radius 1 is 1.43 bits per heavy atom. The van der Waals surface area contributed by atoms with Crippen molar-refractivity contribution < 1.29 is 9.90 Å². The largest absolute Gasteiger partial charge is 0.390 e. The summed E-state index contributed by atoms with van der Waals surface area (Å²) in [6.45, 7) is 5.38. The van der Waals surface area contributed by atoms with E-state index in [9.17, 15) is 9.90 Å². The lowest BCUT2D eigenvalue weighted by molar-refractivity contribution is -0.135. The first kappa shape index (κ1) is 11.5. The van der Waals surface area contributed by atoms with Crippen molar-refractivity contribution in [2.24, 2.45) is 0 Å². The van der Waals surface area contributed by atoms with E-state index >= 15 is 0 Å². The monoisotopic (exact) mass is 199 g/mol. The zero-order valence-corrected chi connectivity index (χ0v) is 9.25. The highest BCUT2D eigenvalue weighted by molar-refractivity contribution is 5.76. The average Bonchev–Trinajstić information content (AvgIpc) is 2.14. The van der Waals surface area contributed by atoms with Crippen LogP contribution in [0.3, 0.4) is 0 Å². The minimum atomic E-state index is -0.554. The maximum atomic E-state index is 11.6. The smallest absolute Gasteiger partial charge is 0.222 e.